The summed E-state index contributed by atoms with van der Waals surface area (Å²) in [6, 6.07) is 13.5. The van der Waals surface area contributed by atoms with Crippen molar-refractivity contribution in [3.8, 4) is 11.5 Å². The predicted molar refractivity (Wildman–Crippen MR) is 121 cm³/mol. The SMILES string of the molecule is CCCCOc1cccc(C(=O)N2CCN(c3nc4ccc(OC)cc4s3)CC2)c1. The maximum Gasteiger partial charge on any atom is 0.254 e. The quantitative estimate of drug-likeness (QED) is 0.524. The number of aromatic nitrogens is 1. The number of piperazine rings is 1. The Balaban J connectivity index is 1.38. The number of amides is 1. The number of thiazole rings is 1. The van der Waals surface area contributed by atoms with Gasteiger partial charge in [0, 0.05) is 31.7 Å². The molecule has 0 saturated carbocycles. The molecule has 30 heavy (non-hydrogen) atoms. The molecule has 0 bridgehead atoms. The Morgan fingerprint density at radius 3 is 2.70 bits per heavy atom. The maximum atomic E-state index is 13.0. The first-order valence-electron chi connectivity index (χ1n) is 10.4. The number of ether oxygens (including phenoxy) is 2. The van der Waals surface area contributed by atoms with E-state index in [1.54, 1.807) is 18.4 Å². The van der Waals surface area contributed by atoms with Crippen LogP contribution in [0.15, 0.2) is 42.5 Å². The number of carbonyl (C=O) groups is 1. The lowest BCUT2D eigenvalue weighted by Crippen LogP contribution is -2.48. The Bertz CT molecular complexity index is 1010. The number of nitrogens with zero attached hydrogens (tertiary/aromatic N) is 3. The Labute approximate surface area is 181 Å². The summed E-state index contributed by atoms with van der Waals surface area (Å²) >= 11 is 1.67. The molecule has 0 spiro atoms. The van der Waals surface area contributed by atoms with Crippen molar-refractivity contribution in [2.24, 2.45) is 0 Å². The van der Waals surface area contributed by atoms with Crippen LogP contribution in [-0.4, -0.2) is 55.7 Å². The van der Waals surface area contributed by atoms with Gasteiger partial charge in [-0.25, -0.2) is 4.98 Å². The minimum atomic E-state index is 0.0598. The van der Waals surface area contributed by atoms with Crippen LogP contribution in [0, 0.1) is 0 Å². The van der Waals surface area contributed by atoms with Gasteiger partial charge in [-0.1, -0.05) is 30.7 Å². The summed E-state index contributed by atoms with van der Waals surface area (Å²) in [5.41, 5.74) is 1.67. The topological polar surface area (TPSA) is 54.9 Å². The van der Waals surface area contributed by atoms with Gasteiger partial charge in [0.05, 0.1) is 23.9 Å². The lowest BCUT2D eigenvalue weighted by Gasteiger charge is -2.34. The Hall–Kier alpha value is -2.80. The first kappa shape index (κ1) is 20.5. The van der Waals surface area contributed by atoms with Crippen LogP contribution in [0.1, 0.15) is 30.1 Å². The highest BCUT2D eigenvalue weighted by Gasteiger charge is 2.24. The molecule has 3 aromatic rings. The van der Waals surface area contributed by atoms with E-state index < -0.39 is 0 Å². The number of anilines is 1. The van der Waals surface area contributed by atoms with Crippen molar-refractivity contribution in [2.75, 3.05) is 44.8 Å². The Kier molecular flexibility index (Phi) is 6.38. The van der Waals surface area contributed by atoms with Crippen molar-refractivity contribution in [1.29, 1.82) is 0 Å². The van der Waals surface area contributed by atoms with E-state index >= 15 is 0 Å². The highest BCUT2D eigenvalue weighted by molar-refractivity contribution is 7.22. The van der Waals surface area contributed by atoms with Crippen molar-refractivity contribution in [2.45, 2.75) is 19.8 Å². The molecule has 7 heteroatoms. The molecule has 1 amide bonds. The third-order valence-corrected chi connectivity index (χ3v) is 6.35. The number of hydrogen-bond donors (Lipinski definition) is 0. The molecule has 4 rings (SSSR count). The van der Waals surface area contributed by atoms with E-state index in [-0.39, 0.29) is 5.91 Å². The zero-order valence-electron chi connectivity index (χ0n) is 17.5. The van der Waals surface area contributed by atoms with Crippen LogP contribution in [0.25, 0.3) is 10.2 Å². The molecule has 1 saturated heterocycles. The van der Waals surface area contributed by atoms with E-state index in [0.29, 0.717) is 25.3 Å². The van der Waals surface area contributed by atoms with Gasteiger partial charge in [0.2, 0.25) is 0 Å². The van der Waals surface area contributed by atoms with Crippen molar-refractivity contribution >= 4 is 32.6 Å². The molecule has 0 aliphatic carbocycles. The van der Waals surface area contributed by atoms with Crippen LogP contribution in [0.3, 0.4) is 0 Å². The molecule has 0 radical (unpaired) electrons. The molecular formula is C23H27N3O3S. The molecule has 6 nitrogen and oxygen atoms in total. The second-order valence-electron chi connectivity index (χ2n) is 7.34. The van der Waals surface area contributed by atoms with Gasteiger partial charge in [0.1, 0.15) is 11.5 Å². The summed E-state index contributed by atoms with van der Waals surface area (Å²) < 4.78 is 12.2. The smallest absolute Gasteiger partial charge is 0.254 e. The number of hydrogen-bond acceptors (Lipinski definition) is 6. The zero-order valence-corrected chi connectivity index (χ0v) is 18.3. The number of fused-ring (bicyclic) bond motifs is 1. The molecule has 1 aromatic heterocycles. The van der Waals surface area contributed by atoms with Gasteiger partial charge in [-0.3, -0.25) is 4.79 Å². The summed E-state index contributed by atoms with van der Waals surface area (Å²) in [5.74, 6) is 1.66. The Morgan fingerprint density at radius 2 is 1.93 bits per heavy atom. The standard InChI is InChI=1S/C23H27N3O3S/c1-3-4-14-29-19-7-5-6-17(15-19)22(27)25-10-12-26(13-11-25)23-24-20-9-8-18(28-2)16-21(20)30-23/h5-9,15-16H,3-4,10-14H2,1-2H3. The van der Waals surface area contributed by atoms with Crippen molar-refractivity contribution in [3.05, 3.63) is 48.0 Å². The normalized spacial score (nSPS) is 14.2. The minimum Gasteiger partial charge on any atom is -0.497 e. The van der Waals surface area contributed by atoms with E-state index in [1.807, 2.05) is 47.4 Å². The summed E-state index contributed by atoms with van der Waals surface area (Å²) in [4.78, 5) is 21.9. The number of rotatable bonds is 7. The van der Waals surface area contributed by atoms with Crippen LogP contribution in [0.2, 0.25) is 0 Å². The fourth-order valence-corrected chi connectivity index (χ4v) is 4.54. The molecular weight excluding hydrogens is 398 g/mol. The molecule has 2 heterocycles. The predicted octanol–water partition coefficient (Wildman–Crippen LogP) is 4.45. The van der Waals surface area contributed by atoms with Crippen molar-refractivity contribution in [1.82, 2.24) is 9.88 Å². The van der Waals surface area contributed by atoms with E-state index in [2.05, 4.69) is 11.8 Å². The maximum absolute atomic E-state index is 13.0. The second-order valence-corrected chi connectivity index (χ2v) is 8.35. The van der Waals surface area contributed by atoms with Gasteiger partial charge in [-0.15, -0.1) is 0 Å². The lowest BCUT2D eigenvalue weighted by molar-refractivity contribution is 0.0746. The minimum absolute atomic E-state index is 0.0598. The second kappa shape index (κ2) is 9.34. The molecule has 0 atom stereocenters. The first-order chi connectivity index (χ1) is 14.7. The van der Waals surface area contributed by atoms with Crippen LogP contribution in [0.5, 0.6) is 11.5 Å². The van der Waals surface area contributed by atoms with E-state index in [0.717, 1.165) is 52.8 Å². The van der Waals surface area contributed by atoms with Crippen molar-refractivity contribution in [3.63, 3.8) is 0 Å². The summed E-state index contributed by atoms with van der Waals surface area (Å²) in [7, 11) is 1.67. The lowest BCUT2D eigenvalue weighted by atomic mass is 10.1. The van der Waals surface area contributed by atoms with Crippen LogP contribution in [0.4, 0.5) is 5.13 Å². The fourth-order valence-electron chi connectivity index (χ4n) is 3.49. The number of unbranched alkanes of at least 4 members (excludes halogenated alkanes) is 1. The van der Waals surface area contributed by atoms with E-state index in [1.165, 1.54) is 0 Å². The molecule has 0 unspecified atom stereocenters. The van der Waals surface area contributed by atoms with Crippen molar-refractivity contribution < 1.29 is 14.3 Å². The van der Waals surface area contributed by atoms with Crippen LogP contribution < -0.4 is 14.4 Å². The molecule has 1 aliphatic heterocycles. The summed E-state index contributed by atoms with van der Waals surface area (Å²) in [5, 5.41) is 0.997. The van der Waals surface area contributed by atoms with Crippen LogP contribution >= 0.6 is 11.3 Å². The summed E-state index contributed by atoms with van der Waals surface area (Å²) in [6.45, 7) is 5.72. The van der Waals surface area contributed by atoms with Gasteiger partial charge in [0.25, 0.3) is 5.91 Å². The van der Waals surface area contributed by atoms with E-state index in [4.69, 9.17) is 14.5 Å². The average molecular weight is 426 g/mol. The van der Waals surface area contributed by atoms with Gasteiger partial charge < -0.3 is 19.3 Å². The molecule has 1 aliphatic rings. The highest BCUT2D eigenvalue weighted by Crippen LogP contribution is 2.32. The number of methoxy groups -OCH3 is 1. The molecule has 1 fully saturated rings. The number of benzene rings is 2. The van der Waals surface area contributed by atoms with Gasteiger partial charge >= 0.3 is 0 Å². The third-order valence-electron chi connectivity index (χ3n) is 5.27. The number of carbonyl (C=O) groups excluding carboxylic acids is 1. The third kappa shape index (κ3) is 4.51. The Morgan fingerprint density at radius 1 is 1.10 bits per heavy atom. The molecule has 0 N–H and O–H groups in total. The molecule has 158 valence electrons. The fraction of sp³-hybridized carbons (Fsp3) is 0.391. The average Bonchev–Trinajstić information content (AvgIpc) is 3.22. The first-order valence-corrected chi connectivity index (χ1v) is 11.2. The largest absolute Gasteiger partial charge is 0.497 e. The summed E-state index contributed by atoms with van der Waals surface area (Å²) in [6.07, 6.45) is 2.10. The zero-order chi connectivity index (χ0) is 20.9. The van der Waals surface area contributed by atoms with Gasteiger partial charge in [-0.2, -0.15) is 0 Å². The van der Waals surface area contributed by atoms with Gasteiger partial charge in [-0.05, 0) is 42.8 Å². The molecule has 2 aromatic carbocycles. The monoisotopic (exact) mass is 425 g/mol. The highest BCUT2D eigenvalue weighted by atomic mass is 32.1. The van der Waals surface area contributed by atoms with Gasteiger partial charge in [0.15, 0.2) is 5.13 Å². The van der Waals surface area contributed by atoms with E-state index in [9.17, 15) is 4.79 Å². The van der Waals surface area contributed by atoms with Crippen LogP contribution in [-0.2, 0) is 0 Å².